The lowest BCUT2D eigenvalue weighted by Gasteiger charge is -2.31. The van der Waals surface area contributed by atoms with Crippen molar-refractivity contribution in [2.24, 2.45) is 0 Å². The van der Waals surface area contributed by atoms with E-state index in [2.05, 4.69) is 5.32 Å². The number of amides is 2. The van der Waals surface area contributed by atoms with Crippen molar-refractivity contribution in [1.82, 2.24) is 10.2 Å². The summed E-state index contributed by atoms with van der Waals surface area (Å²) in [7, 11) is 0. The number of halogens is 1. The van der Waals surface area contributed by atoms with Gasteiger partial charge in [0.25, 0.3) is 0 Å². The summed E-state index contributed by atoms with van der Waals surface area (Å²) in [6, 6.07) is 6.49. The lowest BCUT2D eigenvalue weighted by molar-refractivity contribution is 0.178. The summed E-state index contributed by atoms with van der Waals surface area (Å²) in [6.45, 7) is 3.31. The molecule has 1 aromatic rings. The fourth-order valence-electron chi connectivity index (χ4n) is 3.30. The minimum Gasteiger partial charge on any atom is -0.395 e. The van der Waals surface area contributed by atoms with Crippen LogP contribution in [0.3, 0.4) is 0 Å². The van der Waals surface area contributed by atoms with E-state index in [1.165, 1.54) is 12.1 Å². The lowest BCUT2D eigenvalue weighted by Crippen LogP contribution is -2.46. The number of nitrogens with one attached hydrogen (secondary N) is 1. The molecule has 0 saturated heterocycles. The Balaban J connectivity index is 2.06. The minimum absolute atomic E-state index is 0.0373. The first-order chi connectivity index (χ1) is 10.6. The van der Waals surface area contributed by atoms with Crippen LogP contribution in [-0.2, 0) is 5.41 Å². The van der Waals surface area contributed by atoms with E-state index in [1.54, 1.807) is 4.90 Å². The quantitative estimate of drug-likeness (QED) is 0.849. The summed E-state index contributed by atoms with van der Waals surface area (Å²) in [5.41, 5.74) is 0.999. The number of carbonyl (C=O) groups excluding carboxylic acids is 1. The van der Waals surface area contributed by atoms with Crippen molar-refractivity contribution in [3.05, 3.63) is 35.6 Å². The van der Waals surface area contributed by atoms with Gasteiger partial charge < -0.3 is 15.3 Å². The van der Waals surface area contributed by atoms with Gasteiger partial charge in [0.05, 0.1) is 6.61 Å². The molecule has 22 heavy (non-hydrogen) atoms. The van der Waals surface area contributed by atoms with Gasteiger partial charge in [-0.3, -0.25) is 0 Å². The molecule has 0 radical (unpaired) electrons. The maximum absolute atomic E-state index is 13.1. The molecule has 4 nitrogen and oxygen atoms in total. The molecule has 2 amide bonds. The molecule has 0 heterocycles. The Labute approximate surface area is 131 Å². The Morgan fingerprint density at radius 2 is 1.95 bits per heavy atom. The van der Waals surface area contributed by atoms with E-state index in [-0.39, 0.29) is 23.9 Å². The molecule has 0 aromatic heterocycles. The number of urea groups is 1. The highest BCUT2D eigenvalue weighted by atomic mass is 19.1. The Hall–Kier alpha value is -1.62. The number of hydrogen-bond acceptors (Lipinski definition) is 2. The first kappa shape index (κ1) is 16.7. The molecule has 2 rings (SSSR count). The molecule has 0 aliphatic heterocycles. The predicted molar refractivity (Wildman–Crippen MR) is 84.3 cm³/mol. The molecular weight excluding hydrogens is 283 g/mol. The fourth-order valence-corrected chi connectivity index (χ4v) is 3.30. The van der Waals surface area contributed by atoms with Gasteiger partial charge >= 0.3 is 6.03 Å². The molecule has 122 valence electrons. The van der Waals surface area contributed by atoms with Crippen molar-refractivity contribution in [3.63, 3.8) is 0 Å². The molecule has 1 aliphatic rings. The van der Waals surface area contributed by atoms with Crippen LogP contribution in [0, 0.1) is 5.82 Å². The number of aliphatic hydroxyl groups excluding tert-OH is 1. The van der Waals surface area contributed by atoms with Crippen molar-refractivity contribution >= 4 is 6.03 Å². The number of likely N-dealkylation sites (N-methyl/N-ethyl adjacent to an activating group) is 1. The number of rotatable bonds is 6. The topological polar surface area (TPSA) is 52.6 Å². The van der Waals surface area contributed by atoms with Gasteiger partial charge in [0.2, 0.25) is 0 Å². The standard InChI is InChI=1S/C17H25FN2O2/c1-2-20(11-12-21)16(22)19-13-17(9-3-4-10-17)14-5-7-15(18)8-6-14/h5-8,21H,2-4,9-13H2,1H3,(H,19,22). The van der Waals surface area contributed by atoms with Crippen LogP contribution < -0.4 is 5.32 Å². The normalized spacial score (nSPS) is 16.5. The van der Waals surface area contributed by atoms with E-state index < -0.39 is 0 Å². The number of aliphatic hydroxyl groups is 1. The second-order valence-electron chi connectivity index (χ2n) is 5.96. The third kappa shape index (κ3) is 3.77. The third-order valence-electron chi connectivity index (χ3n) is 4.63. The van der Waals surface area contributed by atoms with Gasteiger partial charge in [-0.1, -0.05) is 25.0 Å². The van der Waals surface area contributed by atoms with Crippen LogP contribution in [-0.4, -0.2) is 42.3 Å². The highest BCUT2D eigenvalue weighted by molar-refractivity contribution is 5.74. The van der Waals surface area contributed by atoms with Crippen molar-refractivity contribution in [1.29, 1.82) is 0 Å². The smallest absolute Gasteiger partial charge is 0.317 e. The van der Waals surface area contributed by atoms with E-state index in [0.29, 0.717) is 19.6 Å². The molecule has 2 N–H and O–H groups in total. The molecule has 1 aromatic carbocycles. The monoisotopic (exact) mass is 308 g/mol. The van der Waals surface area contributed by atoms with E-state index in [0.717, 1.165) is 31.2 Å². The number of benzene rings is 1. The second kappa shape index (κ2) is 7.58. The van der Waals surface area contributed by atoms with Gasteiger partial charge in [0.15, 0.2) is 0 Å². The van der Waals surface area contributed by atoms with Crippen LogP contribution in [0.2, 0.25) is 0 Å². The summed E-state index contributed by atoms with van der Waals surface area (Å²) in [5.74, 6) is -0.235. The first-order valence-corrected chi connectivity index (χ1v) is 8.01. The summed E-state index contributed by atoms with van der Waals surface area (Å²) >= 11 is 0. The van der Waals surface area contributed by atoms with Crippen LogP contribution in [0.25, 0.3) is 0 Å². The molecule has 1 saturated carbocycles. The van der Waals surface area contributed by atoms with Crippen LogP contribution in [0.15, 0.2) is 24.3 Å². The summed E-state index contributed by atoms with van der Waals surface area (Å²) in [5, 5.41) is 12.0. The van der Waals surface area contributed by atoms with Gasteiger partial charge in [-0.25, -0.2) is 9.18 Å². The zero-order valence-corrected chi connectivity index (χ0v) is 13.1. The first-order valence-electron chi connectivity index (χ1n) is 8.01. The van der Waals surface area contributed by atoms with E-state index >= 15 is 0 Å². The summed E-state index contributed by atoms with van der Waals surface area (Å²) in [4.78, 5) is 13.8. The lowest BCUT2D eigenvalue weighted by atomic mass is 9.79. The Bertz CT molecular complexity index is 484. The second-order valence-corrected chi connectivity index (χ2v) is 5.96. The molecule has 1 fully saturated rings. The van der Waals surface area contributed by atoms with E-state index in [1.807, 2.05) is 19.1 Å². The molecule has 0 unspecified atom stereocenters. The predicted octanol–water partition coefficient (Wildman–Crippen LogP) is 2.66. The maximum Gasteiger partial charge on any atom is 0.317 e. The van der Waals surface area contributed by atoms with Crippen LogP contribution in [0.4, 0.5) is 9.18 Å². The number of nitrogens with zero attached hydrogens (tertiary/aromatic N) is 1. The Kier molecular flexibility index (Phi) is 5.77. The molecular formula is C17H25FN2O2. The highest BCUT2D eigenvalue weighted by Crippen LogP contribution is 2.40. The van der Waals surface area contributed by atoms with Gasteiger partial charge in [-0.15, -0.1) is 0 Å². The van der Waals surface area contributed by atoms with Crippen molar-refractivity contribution < 1.29 is 14.3 Å². The highest BCUT2D eigenvalue weighted by Gasteiger charge is 2.36. The molecule has 1 aliphatic carbocycles. The molecule has 0 bridgehead atoms. The largest absolute Gasteiger partial charge is 0.395 e. The Morgan fingerprint density at radius 3 is 2.50 bits per heavy atom. The number of hydrogen-bond donors (Lipinski definition) is 2. The maximum atomic E-state index is 13.1. The van der Waals surface area contributed by atoms with Crippen molar-refractivity contribution in [2.45, 2.75) is 38.0 Å². The van der Waals surface area contributed by atoms with Gasteiger partial charge in [-0.05, 0) is 37.5 Å². The van der Waals surface area contributed by atoms with Crippen molar-refractivity contribution in [3.8, 4) is 0 Å². The fraction of sp³-hybridized carbons (Fsp3) is 0.588. The van der Waals surface area contributed by atoms with Crippen molar-refractivity contribution in [2.75, 3.05) is 26.2 Å². The minimum atomic E-state index is -0.235. The average Bonchev–Trinajstić information content (AvgIpc) is 3.01. The van der Waals surface area contributed by atoms with Crippen LogP contribution >= 0.6 is 0 Å². The summed E-state index contributed by atoms with van der Waals surface area (Å²) in [6.07, 6.45) is 4.26. The SMILES string of the molecule is CCN(CCO)C(=O)NCC1(c2ccc(F)cc2)CCCC1. The Morgan fingerprint density at radius 1 is 1.32 bits per heavy atom. The van der Waals surface area contributed by atoms with E-state index in [9.17, 15) is 9.18 Å². The van der Waals surface area contributed by atoms with Gasteiger partial charge in [-0.2, -0.15) is 0 Å². The van der Waals surface area contributed by atoms with Gasteiger partial charge in [0.1, 0.15) is 5.82 Å². The molecule has 0 spiro atoms. The summed E-state index contributed by atoms with van der Waals surface area (Å²) < 4.78 is 13.1. The van der Waals surface area contributed by atoms with Gasteiger partial charge in [0, 0.05) is 25.0 Å². The average molecular weight is 308 g/mol. The van der Waals surface area contributed by atoms with Crippen LogP contribution in [0.1, 0.15) is 38.2 Å². The molecule has 0 atom stereocenters. The molecule has 5 heteroatoms. The van der Waals surface area contributed by atoms with E-state index in [4.69, 9.17) is 5.11 Å². The van der Waals surface area contributed by atoms with Crippen LogP contribution in [0.5, 0.6) is 0 Å². The zero-order chi connectivity index (χ0) is 16.0. The zero-order valence-electron chi connectivity index (χ0n) is 13.1. The number of carbonyl (C=O) groups is 1. The third-order valence-corrected chi connectivity index (χ3v) is 4.63.